The lowest BCUT2D eigenvalue weighted by molar-refractivity contribution is 0.285. The molecule has 0 radical (unpaired) electrons. The van der Waals surface area contributed by atoms with Crippen LogP contribution in [0.1, 0.15) is 61.4 Å². The van der Waals surface area contributed by atoms with E-state index in [9.17, 15) is 8.42 Å². The van der Waals surface area contributed by atoms with Gasteiger partial charge in [0.2, 0.25) is 21.8 Å². The maximum atomic E-state index is 12.9. The number of hydrogen-bond donors (Lipinski definition) is 0. The van der Waals surface area contributed by atoms with E-state index in [2.05, 4.69) is 10.2 Å². The van der Waals surface area contributed by atoms with E-state index < -0.39 is 10.0 Å². The van der Waals surface area contributed by atoms with Crippen LogP contribution in [0.3, 0.4) is 0 Å². The highest BCUT2D eigenvalue weighted by Crippen LogP contribution is 2.31. The summed E-state index contributed by atoms with van der Waals surface area (Å²) in [7, 11) is -3.45. The van der Waals surface area contributed by atoms with Crippen LogP contribution >= 0.6 is 0 Å². The Morgan fingerprint density at radius 3 is 2.36 bits per heavy atom. The fourth-order valence-electron chi connectivity index (χ4n) is 3.01. The monoisotopic (exact) mass is 363 g/mol. The molecule has 0 spiro atoms. The Bertz CT molecular complexity index is 850. The zero-order valence-corrected chi connectivity index (χ0v) is 16.0. The molecule has 7 heteroatoms. The van der Waals surface area contributed by atoms with E-state index in [0.29, 0.717) is 42.6 Å². The van der Waals surface area contributed by atoms with Crippen molar-refractivity contribution >= 4 is 10.0 Å². The van der Waals surface area contributed by atoms with Crippen molar-refractivity contribution in [3.8, 4) is 0 Å². The highest BCUT2D eigenvalue weighted by Gasteiger charge is 2.32. The number of sulfonamides is 1. The van der Waals surface area contributed by atoms with Crippen molar-refractivity contribution in [1.29, 1.82) is 0 Å². The molecular formula is C18H25N3O3S. The van der Waals surface area contributed by atoms with Crippen LogP contribution in [-0.2, 0) is 10.0 Å². The summed E-state index contributed by atoms with van der Waals surface area (Å²) in [5.41, 5.74) is 2.08. The van der Waals surface area contributed by atoms with Crippen molar-refractivity contribution < 1.29 is 12.8 Å². The molecule has 0 saturated carbocycles. The quantitative estimate of drug-likeness (QED) is 0.832. The molecule has 0 amide bonds. The van der Waals surface area contributed by atoms with E-state index in [1.54, 1.807) is 16.4 Å². The van der Waals surface area contributed by atoms with Crippen molar-refractivity contribution in [3.63, 3.8) is 0 Å². The Hall–Kier alpha value is -1.73. The van der Waals surface area contributed by atoms with Crippen LogP contribution in [-0.4, -0.2) is 36.0 Å². The van der Waals surface area contributed by atoms with Gasteiger partial charge in [-0.15, -0.1) is 10.2 Å². The summed E-state index contributed by atoms with van der Waals surface area (Å²) in [6, 6.07) is 5.31. The smallest absolute Gasteiger partial charge is 0.243 e. The summed E-state index contributed by atoms with van der Waals surface area (Å²) < 4.78 is 33.0. The molecule has 1 aliphatic heterocycles. The van der Waals surface area contributed by atoms with Crippen molar-refractivity contribution in [1.82, 2.24) is 14.5 Å². The Morgan fingerprint density at radius 2 is 1.80 bits per heavy atom. The molecule has 0 unspecified atom stereocenters. The zero-order chi connectivity index (χ0) is 18.2. The molecule has 1 fully saturated rings. The van der Waals surface area contributed by atoms with E-state index >= 15 is 0 Å². The van der Waals surface area contributed by atoms with Gasteiger partial charge in [-0.3, -0.25) is 0 Å². The maximum Gasteiger partial charge on any atom is 0.243 e. The summed E-state index contributed by atoms with van der Waals surface area (Å²) in [4.78, 5) is 0.369. The SMILES string of the molecule is Cc1ccc(S(=O)(=O)N2CCC(c3nnc(C(C)C)o3)CC2)cc1C. The second kappa shape index (κ2) is 6.88. The minimum atomic E-state index is -3.45. The van der Waals surface area contributed by atoms with E-state index in [1.165, 1.54) is 0 Å². The molecule has 3 rings (SSSR count). The lowest BCUT2D eigenvalue weighted by atomic mass is 9.98. The standard InChI is InChI=1S/C18H25N3O3S/c1-12(2)17-19-20-18(24-17)15-7-9-21(10-8-15)25(22,23)16-6-5-13(3)14(4)11-16/h5-6,11-12,15H,7-10H2,1-4H3. The normalized spacial score (nSPS) is 17.3. The molecule has 0 N–H and O–H groups in total. The second-order valence-corrected chi connectivity index (χ2v) is 9.00. The Labute approximate surface area is 149 Å². The fourth-order valence-corrected chi connectivity index (χ4v) is 4.57. The van der Waals surface area contributed by atoms with Gasteiger partial charge < -0.3 is 4.42 Å². The molecule has 1 aromatic carbocycles. The highest BCUT2D eigenvalue weighted by atomic mass is 32.2. The summed E-state index contributed by atoms with van der Waals surface area (Å²) >= 11 is 0. The van der Waals surface area contributed by atoms with Crippen LogP contribution in [0, 0.1) is 13.8 Å². The topological polar surface area (TPSA) is 76.3 Å². The van der Waals surface area contributed by atoms with Gasteiger partial charge in [-0.25, -0.2) is 8.42 Å². The van der Waals surface area contributed by atoms with Gasteiger partial charge in [0.15, 0.2) is 0 Å². The second-order valence-electron chi connectivity index (χ2n) is 7.06. The molecule has 1 saturated heterocycles. The number of benzene rings is 1. The van der Waals surface area contributed by atoms with Crippen LogP contribution in [0.4, 0.5) is 0 Å². The molecule has 136 valence electrons. The molecule has 1 aromatic heterocycles. The van der Waals surface area contributed by atoms with E-state index in [1.807, 2.05) is 33.8 Å². The molecule has 6 nitrogen and oxygen atoms in total. The molecule has 2 aromatic rings. The maximum absolute atomic E-state index is 12.9. The van der Waals surface area contributed by atoms with Gasteiger partial charge in [0.1, 0.15) is 0 Å². The van der Waals surface area contributed by atoms with Gasteiger partial charge in [-0.1, -0.05) is 19.9 Å². The lowest BCUT2D eigenvalue weighted by Gasteiger charge is -2.29. The Kier molecular flexibility index (Phi) is 4.97. The van der Waals surface area contributed by atoms with Gasteiger partial charge in [0, 0.05) is 24.9 Å². The first-order chi connectivity index (χ1) is 11.8. The number of hydrogen-bond acceptors (Lipinski definition) is 5. The first-order valence-corrected chi connectivity index (χ1v) is 10.1. The Balaban J connectivity index is 1.71. The highest BCUT2D eigenvalue weighted by molar-refractivity contribution is 7.89. The minimum absolute atomic E-state index is 0.131. The fraction of sp³-hybridized carbons (Fsp3) is 0.556. The zero-order valence-electron chi connectivity index (χ0n) is 15.2. The summed E-state index contributed by atoms with van der Waals surface area (Å²) in [6.45, 7) is 8.88. The van der Waals surface area contributed by atoms with E-state index in [4.69, 9.17) is 4.42 Å². The van der Waals surface area contributed by atoms with Gasteiger partial charge in [-0.05, 0) is 49.9 Å². The van der Waals surface area contributed by atoms with Crippen LogP contribution in [0.25, 0.3) is 0 Å². The minimum Gasteiger partial charge on any atom is -0.425 e. The van der Waals surface area contributed by atoms with Crippen LogP contribution in [0.15, 0.2) is 27.5 Å². The van der Waals surface area contributed by atoms with Crippen LogP contribution in [0.5, 0.6) is 0 Å². The number of piperidine rings is 1. The third-order valence-electron chi connectivity index (χ3n) is 4.87. The van der Waals surface area contributed by atoms with Crippen molar-refractivity contribution in [2.24, 2.45) is 0 Å². The summed E-state index contributed by atoms with van der Waals surface area (Å²) in [5, 5.41) is 8.22. The molecule has 0 atom stereocenters. The lowest BCUT2D eigenvalue weighted by Crippen LogP contribution is -2.38. The van der Waals surface area contributed by atoms with Gasteiger partial charge in [-0.2, -0.15) is 4.31 Å². The predicted molar refractivity (Wildman–Crippen MR) is 95.0 cm³/mol. The largest absolute Gasteiger partial charge is 0.425 e. The predicted octanol–water partition coefficient (Wildman–Crippen LogP) is 3.38. The van der Waals surface area contributed by atoms with Crippen molar-refractivity contribution in [2.75, 3.05) is 13.1 Å². The van der Waals surface area contributed by atoms with Crippen LogP contribution < -0.4 is 0 Å². The number of rotatable bonds is 4. The van der Waals surface area contributed by atoms with Gasteiger partial charge in [0.05, 0.1) is 4.90 Å². The average molecular weight is 363 g/mol. The van der Waals surface area contributed by atoms with Gasteiger partial charge in [0.25, 0.3) is 0 Å². The average Bonchev–Trinajstić information content (AvgIpc) is 3.08. The molecular weight excluding hydrogens is 338 g/mol. The molecule has 25 heavy (non-hydrogen) atoms. The number of aromatic nitrogens is 2. The molecule has 2 heterocycles. The van der Waals surface area contributed by atoms with E-state index in [-0.39, 0.29) is 11.8 Å². The molecule has 0 aliphatic carbocycles. The van der Waals surface area contributed by atoms with Crippen molar-refractivity contribution in [2.45, 2.75) is 57.3 Å². The molecule has 1 aliphatic rings. The number of aryl methyl sites for hydroxylation is 2. The third-order valence-corrected chi connectivity index (χ3v) is 6.76. The van der Waals surface area contributed by atoms with E-state index in [0.717, 1.165) is 11.1 Å². The Morgan fingerprint density at radius 1 is 1.12 bits per heavy atom. The first kappa shape index (κ1) is 18.1. The summed E-state index contributed by atoms with van der Waals surface area (Å²) in [5.74, 6) is 1.60. The number of nitrogens with zero attached hydrogens (tertiary/aromatic N) is 3. The van der Waals surface area contributed by atoms with Gasteiger partial charge >= 0.3 is 0 Å². The first-order valence-electron chi connectivity index (χ1n) is 8.69. The van der Waals surface area contributed by atoms with Crippen LogP contribution in [0.2, 0.25) is 0 Å². The molecule has 0 bridgehead atoms. The summed E-state index contributed by atoms with van der Waals surface area (Å²) in [6.07, 6.45) is 1.40. The third kappa shape index (κ3) is 3.62. The van der Waals surface area contributed by atoms with Crippen molar-refractivity contribution in [3.05, 3.63) is 41.1 Å².